The third-order valence-corrected chi connectivity index (χ3v) is 4.15. The van der Waals surface area contributed by atoms with Crippen LogP contribution in [0.3, 0.4) is 0 Å². The van der Waals surface area contributed by atoms with E-state index >= 15 is 0 Å². The van der Waals surface area contributed by atoms with Crippen LogP contribution in [0.5, 0.6) is 0 Å². The molecule has 2 saturated heterocycles. The van der Waals surface area contributed by atoms with Crippen molar-refractivity contribution in [3.63, 3.8) is 0 Å². The highest BCUT2D eigenvalue weighted by molar-refractivity contribution is 5.99. The Bertz CT molecular complexity index is 485. The highest BCUT2D eigenvalue weighted by Crippen LogP contribution is 2.44. The van der Waals surface area contributed by atoms with Crippen molar-refractivity contribution in [3.8, 4) is 0 Å². The molecule has 2 aliphatic heterocycles. The van der Waals surface area contributed by atoms with E-state index in [4.69, 9.17) is 10.5 Å². The lowest BCUT2D eigenvalue weighted by molar-refractivity contribution is -0.172. The summed E-state index contributed by atoms with van der Waals surface area (Å²) in [5, 5.41) is 0. The zero-order valence-corrected chi connectivity index (χ0v) is 13.0. The molecule has 2 unspecified atom stereocenters. The van der Waals surface area contributed by atoms with E-state index in [2.05, 4.69) is 0 Å². The minimum absolute atomic E-state index is 0.107. The van der Waals surface area contributed by atoms with Crippen LogP contribution in [0.2, 0.25) is 0 Å². The number of hydrogen-bond donors (Lipinski definition) is 1. The Morgan fingerprint density at radius 3 is 2.52 bits per heavy atom. The van der Waals surface area contributed by atoms with Crippen LogP contribution in [-0.2, 0) is 14.3 Å². The molecule has 0 aliphatic carbocycles. The van der Waals surface area contributed by atoms with Crippen molar-refractivity contribution in [1.82, 2.24) is 9.80 Å². The molecule has 0 aromatic rings. The second-order valence-corrected chi connectivity index (χ2v) is 6.74. The first-order valence-electron chi connectivity index (χ1n) is 7.19. The molecule has 0 radical (unpaired) electrons. The average Bonchev–Trinajstić information content (AvgIpc) is 2.79. The van der Waals surface area contributed by atoms with E-state index in [0.717, 1.165) is 6.42 Å². The normalized spacial score (nSPS) is 28.8. The molecule has 2 aliphatic rings. The molecule has 2 fully saturated rings. The van der Waals surface area contributed by atoms with E-state index in [9.17, 15) is 14.4 Å². The summed E-state index contributed by atoms with van der Waals surface area (Å²) in [6.07, 6.45) is 0.875. The Morgan fingerprint density at radius 2 is 2.05 bits per heavy atom. The fourth-order valence-corrected chi connectivity index (χ4v) is 3.24. The van der Waals surface area contributed by atoms with Crippen LogP contribution in [0.15, 0.2) is 0 Å². The topological polar surface area (TPSA) is 92.9 Å². The third kappa shape index (κ3) is 2.45. The van der Waals surface area contributed by atoms with Gasteiger partial charge in [0.1, 0.15) is 11.1 Å². The number of β-lactam (4-membered cyclic amide) rings is 1. The molecule has 21 heavy (non-hydrogen) atoms. The van der Waals surface area contributed by atoms with E-state index in [-0.39, 0.29) is 18.5 Å². The summed E-state index contributed by atoms with van der Waals surface area (Å²) in [7, 11) is 0. The van der Waals surface area contributed by atoms with Crippen molar-refractivity contribution in [2.75, 3.05) is 13.1 Å². The van der Waals surface area contributed by atoms with Gasteiger partial charge in [-0.15, -0.1) is 0 Å². The fraction of sp³-hybridized carbons (Fsp3) is 0.786. The van der Waals surface area contributed by atoms with Crippen molar-refractivity contribution in [2.45, 2.75) is 57.7 Å². The van der Waals surface area contributed by atoms with Gasteiger partial charge in [-0.3, -0.25) is 14.5 Å². The molecule has 0 bridgehead atoms. The van der Waals surface area contributed by atoms with Gasteiger partial charge in [-0.1, -0.05) is 0 Å². The van der Waals surface area contributed by atoms with Crippen LogP contribution < -0.4 is 5.73 Å². The zero-order chi connectivity index (χ0) is 16.0. The Hall–Kier alpha value is -1.79. The third-order valence-electron chi connectivity index (χ3n) is 4.15. The average molecular weight is 297 g/mol. The van der Waals surface area contributed by atoms with Crippen LogP contribution >= 0.6 is 0 Å². The van der Waals surface area contributed by atoms with E-state index in [1.807, 2.05) is 6.92 Å². The Morgan fingerprint density at radius 1 is 1.43 bits per heavy atom. The highest BCUT2D eigenvalue weighted by atomic mass is 16.6. The lowest BCUT2D eigenvalue weighted by Crippen LogP contribution is -2.78. The molecular weight excluding hydrogens is 274 g/mol. The number of carbonyl (C=O) groups excluding carboxylic acids is 3. The van der Waals surface area contributed by atoms with Gasteiger partial charge in [-0.2, -0.15) is 0 Å². The number of rotatable bonds is 2. The summed E-state index contributed by atoms with van der Waals surface area (Å²) in [5.41, 5.74) is 3.68. The first-order chi connectivity index (χ1) is 9.59. The smallest absolute Gasteiger partial charge is 0.411 e. The molecular formula is C14H23N3O4. The van der Waals surface area contributed by atoms with Crippen molar-refractivity contribution in [3.05, 3.63) is 0 Å². The standard InChI is InChI=1S/C14H23N3O4/c1-9-14(11(19)16(9)8-10(15)18)6-5-7-17(14)12(20)21-13(2,3)4/h9H,5-8H2,1-4H3,(H2,15,18). The van der Waals surface area contributed by atoms with Crippen molar-refractivity contribution in [1.29, 1.82) is 0 Å². The minimum Gasteiger partial charge on any atom is -0.444 e. The largest absolute Gasteiger partial charge is 0.444 e. The number of hydrogen-bond acceptors (Lipinski definition) is 4. The van der Waals surface area contributed by atoms with E-state index in [1.54, 1.807) is 20.8 Å². The van der Waals surface area contributed by atoms with Crippen LogP contribution in [-0.4, -0.2) is 58.0 Å². The number of likely N-dealkylation sites (tertiary alicyclic amines) is 2. The maximum Gasteiger partial charge on any atom is 0.411 e. The van der Waals surface area contributed by atoms with Gasteiger partial charge >= 0.3 is 6.09 Å². The summed E-state index contributed by atoms with van der Waals surface area (Å²) in [6.45, 7) is 7.60. The molecule has 118 valence electrons. The number of amides is 3. The van der Waals surface area contributed by atoms with E-state index < -0.39 is 23.1 Å². The second kappa shape index (κ2) is 4.89. The number of nitrogens with two attached hydrogens (primary N) is 1. The van der Waals surface area contributed by atoms with Crippen LogP contribution in [0, 0.1) is 0 Å². The van der Waals surface area contributed by atoms with Gasteiger partial charge in [0.15, 0.2) is 0 Å². The summed E-state index contributed by atoms with van der Waals surface area (Å²) in [4.78, 5) is 38.8. The van der Waals surface area contributed by atoms with Gasteiger partial charge in [0.2, 0.25) is 5.91 Å². The molecule has 7 nitrogen and oxygen atoms in total. The molecule has 0 saturated carbocycles. The van der Waals surface area contributed by atoms with Crippen molar-refractivity contribution >= 4 is 17.9 Å². The van der Waals surface area contributed by atoms with Gasteiger partial charge in [-0.05, 0) is 40.5 Å². The summed E-state index contributed by atoms with van der Waals surface area (Å²) >= 11 is 0. The Kier molecular flexibility index (Phi) is 3.63. The Balaban J connectivity index is 2.17. The van der Waals surface area contributed by atoms with Gasteiger partial charge in [0.25, 0.3) is 5.91 Å². The monoisotopic (exact) mass is 297 g/mol. The first-order valence-corrected chi connectivity index (χ1v) is 7.19. The van der Waals surface area contributed by atoms with Gasteiger partial charge in [-0.25, -0.2) is 4.79 Å². The number of carbonyl (C=O) groups is 3. The predicted molar refractivity (Wildman–Crippen MR) is 75.3 cm³/mol. The quantitative estimate of drug-likeness (QED) is 0.750. The molecule has 3 amide bonds. The molecule has 0 aromatic carbocycles. The van der Waals surface area contributed by atoms with Crippen LogP contribution in [0.25, 0.3) is 0 Å². The molecule has 0 aromatic heterocycles. The number of ether oxygens (including phenoxy) is 1. The predicted octanol–water partition coefficient (Wildman–Crippen LogP) is 0.472. The lowest BCUT2D eigenvalue weighted by atomic mass is 9.77. The van der Waals surface area contributed by atoms with Crippen molar-refractivity contribution < 1.29 is 19.1 Å². The summed E-state index contributed by atoms with van der Waals surface area (Å²) in [5.74, 6) is -0.760. The second-order valence-electron chi connectivity index (χ2n) is 6.74. The lowest BCUT2D eigenvalue weighted by Gasteiger charge is -2.56. The van der Waals surface area contributed by atoms with Gasteiger partial charge < -0.3 is 15.4 Å². The molecule has 2 rings (SSSR count). The molecule has 7 heteroatoms. The molecule has 1 spiro atoms. The van der Waals surface area contributed by atoms with Crippen LogP contribution in [0.4, 0.5) is 4.79 Å². The van der Waals surface area contributed by atoms with Crippen molar-refractivity contribution in [2.24, 2.45) is 5.73 Å². The zero-order valence-electron chi connectivity index (χ0n) is 13.0. The van der Waals surface area contributed by atoms with Crippen LogP contribution in [0.1, 0.15) is 40.5 Å². The number of nitrogens with zero attached hydrogens (tertiary/aromatic N) is 2. The SMILES string of the molecule is CC1N(CC(N)=O)C(=O)C12CCCN2C(=O)OC(C)(C)C. The molecule has 2 atom stereocenters. The maximum absolute atomic E-state index is 12.5. The van der Waals surface area contributed by atoms with E-state index in [1.165, 1.54) is 9.80 Å². The summed E-state index contributed by atoms with van der Waals surface area (Å²) < 4.78 is 5.39. The molecule has 2 N–H and O–H groups in total. The van der Waals surface area contributed by atoms with Gasteiger partial charge in [0, 0.05) is 6.54 Å². The number of primary amides is 1. The van der Waals surface area contributed by atoms with Gasteiger partial charge in [0.05, 0.1) is 12.6 Å². The highest BCUT2D eigenvalue weighted by Gasteiger charge is 2.65. The summed E-state index contributed by atoms with van der Waals surface area (Å²) in [6, 6.07) is -0.229. The maximum atomic E-state index is 12.5. The Labute approximate surface area is 124 Å². The minimum atomic E-state index is -0.863. The first kappa shape index (κ1) is 15.6. The molecule has 2 heterocycles. The van der Waals surface area contributed by atoms with E-state index in [0.29, 0.717) is 13.0 Å². The fourth-order valence-electron chi connectivity index (χ4n) is 3.24.